The van der Waals surface area contributed by atoms with Crippen LogP contribution < -0.4 is 44.9 Å². The van der Waals surface area contributed by atoms with Crippen molar-refractivity contribution in [3.8, 4) is 0 Å². The number of oxime groups is 1. The Hall–Kier alpha value is -1.78. The van der Waals surface area contributed by atoms with Crippen LogP contribution in [0.2, 0.25) is 0 Å². The summed E-state index contributed by atoms with van der Waals surface area (Å²) < 4.78 is 38.4. The van der Waals surface area contributed by atoms with Crippen molar-refractivity contribution in [3.63, 3.8) is 0 Å². The Labute approximate surface area is 179 Å². The van der Waals surface area contributed by atoms with Crippen LogP contribution in [0.1, 0.15) is 12.6 Å². The van der Waals surface area contributed by atoms with Gasteiger partial charge in [-0.3, -0.25) is 19.1 Å². The molecule has 0 aliphatic carbocycles. The zero-order valence-electron chi connectivity index (χ0n) is 14.2. The van der Waals surface area contributed by atoms with Gasteiger partial charge in [0.2, 0.25) is 6.23 Å². The van der Waals surface area contributed by atoms with E-state index in [4.69, 9.17) is 4.74 Å². The first-order valence-corrected chi connectivity index (χ1v) is 8.98. The number of esters is 1. The molecule has 1 aromatic rings. The maximum absolute atomic E-state index is 12.3. The van der Waals surface area contributed by atoms with Gasteiger partial charge in [0.05, 0.1) is 0 Å². The molecule has 1 aliphatic heterocycles. The molecular weight excluding hydrogens is 417 g/mol. The molecule has 1 saturated heterocycles. The average Bonchev–Trinajstić information content (AvgIpc) is 2.95. The number of aromatic nitrogens is 1. The number of nitrogens with one attached hydrogen (secondary N) is 3. The van der Waals surface area contributed by atoms with E-state index >= 15 is 0 Å². The van der Waals surface area contributed by atoms with Gasteiger partial charge in [-0.25, -0.2) is 13.4 Å². The second-order valence-corrected chi connectivity index (χ2v) is 6.68. The third-order valence-electron chi connectivity index (χ3n) is 2.81. The standard InChI is InChI=1S/C11H13N5O8S2.Na/c1-4(17)24-10-7(9(19)14-10)13-8(18)6(15-23-2)5-3-25-11(12-5)16-26(20,21)22;/h3,7,10H,1-2H3,(H,12,16)(H,13,18)(H,14,19)(H,20,21,22);/q;+1/p-1/t7-,10+;/m1./s1. The summed E-state index contributed by atoms with van der Waals surface area (Å²) in [6.07, 6.45) is -1.04. The zero-order chi connectivity index (χ0) is 19.5. The van der Waals surface area contributed by atoms with E-state index in [2.05, 4.69) is 25.6 Å². The summed E-state index contributed by atoms with van der Waals surface area (Å²) in [7, 11) is -3.64. The van der Waals surface area contributed by atoms with Gasteiger partial charge in [0.15, 0.2) is 27.2 Å². The fourth-order valence-electron chi connectivity index (χ4n) is 1.81. The number of carbonyl (C=O) groups is 3. The predicted octanol–water partition coefficient (Wildman–Crippen LogP) is -5.13. The van der Waals surface area contributed by atoms with Gasteiger partial charge in [-0.05, 0) is 0 Å². The summed E-state index contributed by atoms with van der Waals surface area (Å²) in [5.41, 5.74) is -0.495. The molecule has 2 atom stereocenters. The summed E-state index contributed by atoms with van der Waals surface area (Å²) in [4.78, 5) is 43.1. The van der Waals surface area contributed by atoms with Crippen molar-refractivity contribution >= 4 is 50.3 Å². The minimum absolute atomic E-state index is 0. The van der Waals surface area contributed by atoms with E-state index in [0.717, 1.165) is 25.4 Å². The van der Waals surface area contributed by atoms with Crippen LogP contribution in [0, 0.1) is 0 Å². The maximum Gasteiger partial charge on any atom is 1.00 e. The van der Waals surface area contributed by atoms with Crippen LogP contribution in [0.4, 0.5) is 5.13 Å². The van der Waals surface area contributed by atoms with Gasteiger partial charge in [0, 0.05) is 12.3 Å². The van der Waals surface area contributed by atoms with Gasteiger partial charge in [-0.1, -0.05) is 5.16 Å². The second kappa shape index (κ2) is 9.43. The fourth-order valence-corrected chi connectivity index (χ4v) is 3.11. The second-order valence-electron chi connectivity index (χ2n) is 4.71. The van der Waals surface area contributed by atoms with E-state index in [0.29, 0.717) is 0 Å². The van der Waals surface area contributed by atoms with Crippen LogP contribution in [-0.2, 0) is 34.3 Å². The number of thiazole rings is 1. The molecule has 0 unspecified atom stereocenters. The van der Waals surface area contributed by atoms with Gasteiger partial charge in [0.1, 0.15) is 12.8 Å². The molecule has 1 fully saturated rings. The number of carbonyl (C=O) groups excluding carboxylic acids is 3. The van der Waals surface area contributed by atoms with Crippen molar-refractivity contribution in [3.05, 3.63) is 11.1 Å². The Morgan fingerprint density at radius 1 is 1.44 bits per heavy atom. The molecule has 1 aromatic heterocycles. The van der Waals surface area contributed by atoms with E-state index in [1.54, 1.807) is 4.72 Å². The molecular formula is C11H12N5NaO8S2. The first-order valence-electron chi connectivity index (χ1n) is 6.70. The normalized spacial score (nSPS) is 19.1. The number of nitrogens with zero attached hydrogens (tertiary/aromatic N) is 2. The number of hydrogen-bond donors (Lipinski definition) is 3. The molecule has 2 amide bonds. The number of anilines is 1. The van der Waals surface area contributed by atoms with Crippen LogP contribution >= 0.6 is 11.3 Å². The minimum atomic E-state index is -4.79. The zero-order valence-corrected chi connectivity index (χ0v) is 17.8. The van der Waals surface area contributed by atoms with Crippen molar-refractivity contribution in [1.82, 2.24) is 15.6 Å². The molecule has 0 bridgehead atoms. The Kier molecular flexibility index (Phi) is 8.12. The number of ether oxygens (including phenoxy) is 1. The summed E-state index contributed by atoms with van der Waals surface area (Å²) >= 11 is 0.730. The smallest absolute Gasteiger partial charge is 0.731 e. The minimum Gasteiger partial charge on any atom is -0.731 e. The first kappa shape index (κ1) is 23.3. The van der Waals surface area contributed by atoms with E-state index in [1.807, 2.05) is 0 Å². The number of amides is 2. The molecule has 1 aliphatic rings. The van der Waals surface area contributed by atoms with Crippen LogP contribution in [0.15, 0.2) is 10.5 Å². The average molecular weight is 429 g/mol. The number of hydrogen-bond acceptors (Lipinski definition) is 11. The van der Waals surface area contributed by atoms with Gasteiger partial charge >= 0.3 is 35.5 Å². The topological polar surface area (TPSA) is 188 Å². The van der Waals surface area contributed by atoms with Crippen molar-refractivity contribution in [2.24, 2.45) is 5.16 Å². The molecule has 2 rings (SSSR count). The van der Waals surface area contributed by atoms with Gasteiger partial charge < -0.3 is 24.8 Å². The largest absolute Gasteiger partial charge is 1.00 e. The summed E-state index contributed by atoms with van der Waals surface area (Å²) in [5, 5.41) is 9.00. The van der Waals surface area contributed by atoms with Gasteiger partial charge in [-0.15, -0.1) is 11.3 Å². The van der Waals surface area contributed by atoms with Gasteiger partial charge in [0.25, 0.3) is 11.8 Å². The van der Waals surface area contributed by atoms with Crippen LogP contribution in [0.25, 0.3) is 0 Å². The Balaban J connectivity index is 0.00000364. The Morgan fingerprint density at radius 2 is 2.11 bits per heavy atom. The van der Waals surface area contributed by atoms with Crippen molar-refractivity contribution < 1.29 is 66.5 Å². The maximum atomic E-state index is 12.3. The first-order chi connectivity index (χ1) is 12.1. The van der Waals surface area contributed by atoms with Crippen molar-refractivity contribution in [2.45, 2.75) is 19.2 Å². The van der Waals surface area contributed by atoms with Gasteiger partial charge in [-0.2, -0.15) is 0 Å². The monoisotopic (exact) mass is 429 g/mol. The molecule has 16 heteroatoms. The third kappa shape index (κ3) is 6.40. The molecule has 0 aromatic carbocycles. The predicted molar refractivity (Wildman–Crippen MR) is 84.6 cm³/mol. The molecule has 0 saturated carbocycles. The van der Waals surface area contributed by atoms with Crippen molar-refractivity contribution in [2.75, 3.05) is 11.8 Å². The van der Waals surface area contributed by atoms with E-state index in [-0.39, 0.29) is 46.1 Å². The van der Waals surface area contributed by atoms with E-state index < -0.39 is 40.4 Å². The van der Waals surface area contributed by atoms with E-state index in [1.165, 1.54) is 5.38 Å². The summed E-state index contributed by atoms with van der Waals surface area (Å²) in [5.74, 6) is -2.14. The Morgan fingerprint density at radius 3 is 2.63 bits per heavy atom. The number of β-lactam (4-membered cyclic amide) rings is 1. The van der Waals surface area contributed by atoms with Crippen molar-refractivity contribution in [1.29, 1.82) is 0 Å². The molecule has 0 radical (unpaired) electrons. The molecule has 0 spiro atoms. The van der Waals surface area contributed by atoms with Crippen LogP contribution in [0.3, 0.4) is 0 Å². The quantitative estimate of drug-likeness (QED) is 0.0951. The summed E-state index contributed by atoms with van der Waals surface area (Å²) in [6, 6.07) is -1.15. The van der Waals surface area contributed by atoms with Crippen LogP contribution in [0.5, 0.6) is 0 Å². The van der Waals surface area contributed by atoms with E-state index in [9.17, 15) is 27.4 Å². The Bertz CT molecular complexity index is 870. The summed E-state index contributed by atoms with van der Waals surface area (Å²) in [6.45, 7) is 1.13. The molecule has 2 heterocycles. The SMILES string of the molecule is CON=C(C(=O)N[C@@H]1C(=O)N[C@H]1OC(C)=O)c1csc(NS(=O)(=O)[O-])n1.[Na+]. The van der Waals surface area contributed by atoms with Crippen LogP contribution in [-0.4, -0.2) is 60.8 Å². The molecule has 13 nitrogen and oxygen atoms in total. The number of rotatable bonds is 7. The third-order valence-corrected chi connectivity index (χ3v) is 4.14. The molecule has 142 valence electrons. The molecule has 27 heavy (non-hydrogen) atoms. The molecule has 3 N–H and O–H groups in total. The fraction of sp³-hybridized carbons (Fsp3) is 0.364.